The highest BCUT2D eigenvalue weighted by Crippen LogP contribution is 2.54. The van der Waals surface area contributed by atoms with Crippen molar-refractivity contribution < 1.29 is 37.3 Å². The molecule has 4 atom stereocenters. The number of fused-ring (bicyclic) bond motifs is 2. The zero-order valence-electron chi connectivity index (χ0n) is 18.8. The standard InChI is InChI=1S/C24H26ClF2NO6S/c1-12(29)22(30)24(32)14-3-4-15(24)10-17(9-14)35(33,34)21-8-13(2-6-18(21)25)23(31)28-16-5-7-19(26)20(27)11-16/h2,5-8,11-12,14-15,17,22,29-30,32H,3-4,9-10H2,1H3,(H,28,31)/t12-,14?,15?,17-,22+,24-/m0/s1. The Morgan fingerprint density at radius 3 is 2.29 bits per heavy atom. The second-order valence-corrected chi connectivity index (χ2v) is 12.0. The summed E-state index contributed by atoms with van der Waals surface area (Å²) in [4.78, 5) is 12.4. The van der Waals surface area contributed by atoms with Gasteiger partial charge in [0.1, 0.15) is 6.10 Å². The Bertz CT molecular complexity index is 1240. The van der Waals surface area contributed by atoms with Crippen LogP contribution in [-0.4, -0.2) is 52.7 Å². The van der Waals surface area contributed by atoms with E-state index in [1.807, 2.05) is 0 Å². The van der Waals surface area contributed by atoms with Gasteiger partial charge in [-0.3, -0.25) is 4.79 Å². The number of aliphatic hydroxyl groups is 3. The highest BCUT2D eigenvalue weighted by Gasteiger charge is 2.59. The predicted octanol–water partition coefficient (Wildman–Crippen LogP) is 3.31. The van der Waals surface area contributed by atoms with Crippen LogP contribution >= 0.6 is 11.6 Å². The van der Waals surface area contributed by atoms with Crippen LogP contribution in [0.15, 0.2) is 41.3 Å². The van der Waals surface area contributed by atoms with E-state index in [1.165, 1.54) is 25.1 Å². The summed E-state index contributed by atoms with van der Waals surface area (Å²) >= 11 is 6.21. The van der Waals surface area contributed by atoms with Crippen molar-refractivity contribution in [3.8, 4) is 0 Å². The Labute approximate surface area is 206 Å². The Morgan fingerprint density at radius 2 is 1.71 bits per heavy atom. The van der Waals surface area contributed by atoms with Crippen molar-refractivity contribution in [2.45, 2.75) is 60.6 Å². The summed E-state index contributed by atoms with van der Waals surface area (Å²) < 4.78 is 53.7. The highest BCUT2D eigenvalue weighted by molar-refractivity contribution is 7.92. The van der Waals surface area contributed by atoms with Crippen molar-refractivity contribution in [2.75, 3.05) is 5.32 Å². The number of rotatable bonds is 6. The van der Waals surface area contributed by atoms with E-state index in [2.05, 4.69) is 5.32 Å². The molecule has 35 heavy (non-hydrogen) atoms. The van der Waals surface area contributed by atoms with Crippen LogP contribution in [0.3, 0.4) is 0 Å². The first-order valence-corrected chi connectivity index (χ1v) is 13.2. The fraction of sp³-hybridized carbons (Fsp3) is 0.458. The van der Waals surface area contributed by atoms with Crippen molar-refractivity contribution in [3.63, 3.8) is 0 Å². The molecule has 2 saturated carbocycles. The summed E-state index contributed by atoms with van der Waals surface area (Å²) in [6.07, 6.45) is -1.39. The van der Waals surface area contributed by atoms with Gasteiger partial charge >= 0.3 is 0 Å². The smallest absolute Gasteiger partial charge is 0.255 e. The lowest BCUT2D eigenvalue weighted by Crippen LogP contribution is -2.58. The molecule has 1 amide bonds. The molecule has 2 aromatic rings. The summed E-state index contributed by atoms with van der Waals surface area (Å²) in [5.74, 6) is -4.00. The van der Waals surface area contributed by atoms with Crippen molar-refractivity contribution >= 4 is 33.0 Å². The van der Waals surface area contributed by atoms with Gasteiger partial charge in [-0.1, -0.05) is 11.6 Å². The lowest BCUT2D eigenvalue weighted by Gasteiger charge is -2.46. The molecule has 0 spiro atoms. The van der Waals surface area contributed by atoms with Crippen LogP contribution < -0.4 is 5.32 Å². The zero-order valence-corrected chi connectivity index (χ0v) is 20.4. The SMILES string of the molecule is C[C@H](O)[C@@H](O)[C@]1(O)C2CCC1C[C@@H](S(=O)(=O)c1cc(C(=O)Nc3ccc(F)c(F)c3)ccc1Cl)C2. The molecule has 2 aliphatic carbocycles. The first-order valence-electron chi connectivity index (χ1n) is 11.2. The number of hydrogen-bond donors (Lipinski definition) is 4. The van der Waals surface area contributed by atoms with Crippen LogP contribution in [-0.2, 0) is 9.84 Å². The molecular weight excluding hydrogens is 504 g/mol. The van der Waals surface area contributed by atoms with E-state index in [1.54, 1.807) is 0 Å². The summed E-state index contributed by atoms with van der Waals surface area (Å²) in [7, 11) is -4.03. The fourth-order valence-corrected chi connectivity index (χ4v) is 7.89. The number of carbonyl (C=O) groups excluding carboxylic acids is 1. The van der Waals surface area contributed by atoms with Crippen molar-refractivity contribution in [1.29, 1.82) is 0 Å². The molecule has 2 unspecified atom stereocenters. The van der Waals surface area contributed by atoms with E-state index in [4.69, 9.17) is 11.6 Å². The molecule has 2 aliphatic rings. The number of hydrogen-bond acceptors (Lipinski definition) is 6. The van der Waals surface area contributed by atoms with E-state index in [9.17, 15) is 37.3 Å². The number of aliphatic hydroxyl groups excluding tert-OH is 2. The second kappa shape index (κ2) is 9.40. The third kappa shape index (κ3) is 4.58. The molecule has 0 saturated heterocycles. The van der Waals surface area contributed by atoms with E-state index in [0.29, 0.717) is 12.8 Å². The van der Waals surface area contributed by atoms with Crippen LogP contribution in [0, 0.1) is 23.5 Å². The number of anilines is 1. The maximum atomic E-state index is 13.6. The monoisotopic (exact) mass is 529 g/mol. The fourth-order valence-electron chi connectivity index (χ4n) is 5.48. The van der Waals surface area contributed by atoms with Crippen molar-refractivity contribution in [1.82, 2.24) is 0 Å². The van der Waals surface area contributed by atoms with E-state index in [0.717, 1.165) is 18.2 Å². The van der Waals surface area contributed by atoms with Gasteiger partial charge in [0.05, 0.1) is 26.9 Å². The molecule has 7 nitrogen and oxygen atoms in total. The lowest BCUT2D eigenvalue weighted by molar-refractivity contribution is -0.172. The average molecular weight is 530 g/mol. The molecule has 0 heterocycles. The Hall–Kier alpha value is -2.11. The maximum absolute atomic E-state index is 13.6. The van der Waals surface area contributed by atoms with Crippen LogP contribution in [0.5, 0.6) is 0 Å². The van der Waals surface area contributed by atoms with Crippen molar-refractivity contribution in [3.05, 3.63) is 58.6 Å². The van der Waals surface area contributed by atoms with Gasteiger partial charge in [0.2, 0.25) is 0 Å². The normalized spacial score (nSPS) is 27.9. The molecule has 2 fully saturated rings. The van der Waals surface area contributed by atoms with Gasteiger partial charge in [0.15, 0.2) is 21.5 Å². The topological polar surface area (TPSA) is 124 Å². The summed E-state index contributed by atoms with van der Waals surface area (Å²) in [6.45, 7) is 1.38. The largest absolute Gasteiger partial charge is 0.391 e. The van der Waals surface area contributed by atoms with Gasteiger partial charge in [0.25, 0.3) is 5.91 Å². The highest BCUT2D eigenvalue weighted by atomic mass is 35.5. The van der Waals surface area contributed by atoms with Crippen molar-refractivity contribution in [2.24, 2.45) is 11.8 Å². The van der Waals surface area contributed by atoms with Gasteiger partial charge in [-0.2, -0.15) is 0 Å². The molecule has 0 aliphatic heterocycles. The maximum Gasteiger partial charge on any atom is 0.255 e. The Balaban J connectivity index is 1.59. The predicted molar refractivity (Wildman–Crippen MR) is 125 cm³/mol. The molecule has 4 rings (SSSR count). The van der Waals surface area contributed by atoms with E-state index >= 15 is 0 Å². The molecule has 0 radical (unpaired) electrons. The summed E-state index contributed by atoms with van der Waals surface area (Å²) in [5, 5.41) is 32.9. The minimum atomic E-state index is -4.03. The first-order chi connectivity index (χ1) is 16.4. The lowest BCUT2D eigenvalue weighted by atomic mass is 9.70. The summed E-state index contributed by atoms with van der Waals surface area (Å²) in [5.41, 5.74) is -1.62. The molecule has 0 aromatic heterocycles. The number of nitrogens with one attached hydrogen (secondary N) is 1. The molecule has 11 heteroatoms. The third-order valence-corrected chi connectivity index (χ3v) is 9.97. The van der Waals surface area contributed by atoms with Gasteiger partial charge in [-0.05, 0) is 74.8 Å². The Kier molecular flexibility index (Phi) is 6.98. The minimum absolute atomic E-state index is 0.00642. The van der Waals surface area contributed by atoms with Gasteiger partial charge in [0, 0.05) is 17.3 Å². The summed E-state index contributed by atoms with van der Waals surface area (Å²) in [6, 6.07) is 6.57. The molecule has 2 bridgehead atoms. The number of halogens is 3. The van der Waals surface area contributed by atoms with Crippen LogP contribution in [0.25, 0.3) is 0 Å². The Morgan fingerprint density at radius 1 is 1.09 bits per heavy atom. The number of carbonyl (C=O) groups is 1. The quantitative estimate of drug-likeness (QED) is 0.455. The van der Waals surface area contributed by atoms with Crippen LogP contribution in [0.4, 0.5) is 14.5 Å². The number of benzene rings is 2. The minimum Gasteiger partial charge on any atom is -0.391 e. The van der Waals surface area contributed by atoms with Gasteiger partial charge in [-0.25, -0.2) is 17.2 Å². The van der Waals surface area contributed by atoms with Crippen LogP contribution in [0.1, 0.15) is 43.0 Å². The molecule has 4 N–H and O–H groups in total. The molecule has 190 valence electrons. The van der Waals surface area contributed by atoms with Gasteiger partial charge < -0.3 is 20.6 Å². The average Bonchev–Trinajstić information content (AvgIpc) is 2.97. The third-order valence-electron chi connectivity index (χ3n) is 7.31. The first kappa shape index (κ1) is 26.0. The van der Waals surface area contributed by atoms with Crippen LogP contribution in [0.2, 0.25) is 5.02 Å². The zero-order chi connectivity index (χ0) is 25.7. The van der Waals surface area contributed by atoms with E-state index < -0.39 is 62.3 Å². The second-order valence-electron chi connectivity index (χ2n) is 9.41. The molecule has 2 aromatic carbocycles. The van der Waals surface area contributed by atoms with E-state index in [-0.39, 0.29) is 34.0 Å². The number of amides is 1. The number of sulfone groups is 1. The van der Waals surface area contributed by atoms with Gasteiger partial charge in [-0.15, -0.1) is 0 Å². The molecular formula is C24H26ClF2NO6S.